The van der Waals surface area contributed by atoms with Crippen molar-refractivity contribution in [3.8, 4) is 0 Å². The SMILES string of the molecule is Cc1c(C)c(C)c(C(=O)N(CCO)C(C)C)c(C)c1C. The van der Waals surface area contributed by atoms with Gasteiger partial charge in [-0.25, -0.2) is 0 Å². The predicted octanol–water partition coefficient (Wildman–Crippen LogP) is 3.07. The third-order valence-electron chi connectivity index (χ3n) is 4.44. The Morgan fingerprint density at radius 3 is 1.70 bits per heavy atom. The normalized spacial score (nSPS) is 11.1. The highest BCUT2D eigenvalue weighted by Crippen LogP contribution is 2.27. The van der Waals surface area contributed by atoms with Gasteiger partial charge in [0.25, 0.3) is 5.91 Å². The van der Waals surface area contributed by atoms with Gasteiger partial charge < -0.3 is 10.0 Å². The van der Waals surface area contributed by atoms with Gasteiger partial charge in [-0.2, -0.15) is 0 Å². The van der Waals surface area contributed by atoms with Gasteiger partial charge in [0.15, 0.2) is 0 Å². The third-order valence-corrected chi connectivity index (χ3v) is 4.44. The lowest BCUT2D eigenvalue weighted by Crippen LogP contribution is -2.39. The molecule has 0 spiro atoms. The number of aliphatic hydroxyl groups is 1. The molecule has 112 valence electrons. The van der Waals surface area contributed by atoms with Crippen LogP contribution in [0.1, 0.15) is 52.0 Å². The second kappa shape index (κ2) is 6.40. The van der Waals surface area contributed by atoms with Crippen molar-refractivity contribution in [2.45, 2.75) is 54.5 Å². The summed E-state index contributed by atoms with van der Waals surface area (Å²) in [7, 11) is 0. The van der Waals surface area contributed by atoms with Gasteiger partial charge in [0, 0.05) is 18.2 Å². The van der Waals surface area contributed by atoms with Crippen LogP contribution < -0.4 is 0 Å². The van der Waals surface area contributed by atoms with Gasteiger partial charge in [0.2, 0.25) is 0 Å². The summed E-state index contributed by atoms with van der Waals surface area (Å²) in [6, 6.07) is 0.0790. The molecule has 0 atom stereocenters. The van der Waals surface area contributed by atoms with Gasteiger partial charge in [-0.3, -0.25) is 4.79 Å². The zero-order valence-corrected chi connectivity index (χ0v) is 13.8. The first-order valence-corrected chi connectivity index (χ1v) is 7.22. The van der Waals surface area contributed by atoms with Crippen LogP contribution in [0.15, 0.2) is 0 Å². The first kappa shape index (κ1) is 16.7. The second-order valence-electron chi connectivity index (χ2n) is 5.82. The van der Waals surface area contributed by atoms with Crippen LogP contribution in [-0.4, -0.2) is 35.1 Å². The van der Waals surface area contributed by atoms with E-state index in [1.807, 2.05) is 27.7 Å². The molecule has 1 amide bonds. The monoisotopic (exact) mass is 277 g/mol. The van der Waals surface area contributed by atoms with Gasteiger partial charge in [-0.15, -0.1) is 0 Å². The van der Waals surface area contributed by atoms with E-state index in [-0.39, 0.29) is 18.6 Å². The number of amides is 1. The number of benzene rings is 1. The van der Waals surface area contributed by atoms with E-state index in [1.165, 1.54) is 16.7 Å². The molecule has 20 heavy (non-hydrogen) atoms. The number of carbonyl (C=O) groups excluding carboxylic acids is 1. The zero-order chi connectivity index (χ0) is 15.6. The van der Waals surface area contributed by atoms with E-state index in [2.05, 4.69) is 20.8 Å². The number of carbonyl (C=O) groups is 1. The summed E-state index contributed by atoms with van der Waals surface area (Å²) in [6.07, 6.45) is 0. The molecular formula is C17H27NO2. The van der Waals surface area contributed by atoms with Crippen LogP contribution in [-0.2, 0) is 0 Å². The Morgan fingerprint density at radius 2 is 1.35 bits per heavy atom. The van der Waals surface area contributed by atoms with Crippen LogP contribution in [0.4, 0.5) is 0 Å². The second-order valence-corrected chi connectivity index (χ2v) is 5.82. The average Bonchev–Trinajstić information content (AvgIpc) is 2.40. The van der Waals surface area contributed by atoms with Crippen molar-refractivity contribution in [3.63, 3.8) is 0 Å². The Morgan fingerprint density at radius 1 is 0.950 bits per heavy atom. The Hall–Kier alpha value is -1.35. The number of aliphatic hydroxyl groups excluding tert-OH is 1. The average molecular weight is 277 g/mol. The summed E-state index contributed by atoms with van der Waals surface area (Å²) in [4.78, 5) is 14.6. The minimum atomic E-state index is -0.00809. The molecule has 0 unspecified atom stereocenters. The van der Waals surface area contributed by atoms with Gasteiger partial charge in [0.1, 0.15) is 0 Å². The first-order valence-electron chi connectivity index (χ1n) is 7.22. The number of nitrogens with zero attached hydrogens (tertiary/aromatic N) is 1. The smallest absolute Gasteiger partial charge is 0.254 e. The number of hydrogen-bond acceptors (Lipinski definition) is 2. The van der Waals surface area contributed by atoms with E-state index in [9.17, 15) is 9.90 Å². The summed E-state index contributed by atoms with van der Waals surface area (Å²) in [5.41, 5.74) is 6.54. The van der Waals surface area contributed by atoms with Crippen LogP contribution in [0, 0.1) is 34.6 Å². The van der Waals surface area contributed by atoms with Crippen LogP contribution >= 0.6 is 0 Å². The fraction of sp³-hybridized carbons (Fsp3) is 0.588. The van der Waals surface area contributed by atoms with Gasteiger partial charge in [-0.1, -0.05) is 0 Å². The highest BCUT2D eigenvalue weighted by molar-refractivity contribution is 5.98. The molecule has 1 rings (SSSR count). The van der Waals surface area contributed by atoms with Crippen molar-refractivity contribution in [2.24, 2.45) is 0 Å². The van der Waals surface area contributed by atoms with Crippen molar-refractivity contribution in [3.05, 3.63) is 33.4 Å². The lowest BCUT2D eigenvalue weighted by Gasteiger charge is -2.28. The summed E-state index contributed by atoms with van der Waals surface area (Å²) in [5.74, 6) is 0.0234. The lowest BCUT2D eigenvalue weighted by atomic mass is 9.89. The van der Waals surface area contributed by atoms with Crippen LogP contribution in [0.3, 0.4) is 0 Å². The van der Waals surface area contributed by atoms with Crippen LogP contribution in [0.2, 0.25) is 0 Å². The Balaban J connectivity index is 3.43. The summed E-state index contributed by atoms with van der Waals surface area (Å²) < 4.78 is 0. The molecule has 0 aliphatic carbocycles. The molecule has 0 aliphatic rings. The molecule has 3 nitrogen and oxygen atoms in total. The largest absolute Gasteiger partial charge is 0.395 e. The van der Waals surface area contributed by atoms with E-state index in [1.54, 1.807) is 4.90 Å². The number of hydrogen-bond donors (Lipinski definition) is 1. The fourth-order valence-corrected chi connectivity index (χ4v) is 2.67. The van der Waals surface area contributed by atoms with Crippen molar-refractivity contribution in [1.29, 1.82) is 0 Å². The molecule has 1 aromatic carbocycles. The van der Waals surface area contributed by atoms with E-state index in [4.69, 9.17) is 0 Å². The molecule has 1 N–H and O–H groups in total. The van der Waals surface area contributed by atoms with E-state index >= 15 is 0 Å². The maximum Gasteiger partial charge on any atom is 0.254 e. The molecule has 0 radical (unpaired) electrons. The molecule has 1 aromatic rings. The summed E-state index contributed by atoms with van der Waals surface area (Å²) >= 11 is 0. The van der Waals surface area contributed by atoms with Gasteiger partial charge in [0.05, 0.1) is 6.61 Å². The molecule has 0 aliphatic heterocycles. The highest BCUT2D eigenvalue weighted by Gasteiger charge is 2.24. The minimum Gasteiger partial charge on any atom is -0.395 e. The van der Waals surface area contributed by atoms with Gasteiger partial charge in [-0.05, 0) is 76.3 Å². The maximum atomic E-state index is 12.8. The third kappa shape index (κ3) is 2.88. The molecule has 0 aromatic heterocycles. The molecular weight excluding hydrogens is 250 g/mol. The van der Waals surface area contributed by atoms with Crippen LogP contribution in [0.5, 0.6) is 0 Å². The molecule has 0 saturated carbocycles. The minimum absolute atomic E-state index is 0.00809. The van der Waals surface area contributed by atoms with Gasteiger partial charge >= 0.3 is 0 Å². The fourth-order valence-electron chi connectivity index (χ4n) is 2.67. The van der Waals surface area contributed by atoms with E-state index in [0.717, 1.165) is 16.7 Å². The summed E-state index contributed by atoms with van der Waals surface area (Å²) in [5, 5.41) is 9.18. The van der Waals surface area contributed by atoms with E-state index < -0.39 is 0 Å². The Labute approximate surface area is 122 Å². The van der Waals surface area contributed by atoms with Crippen molar-refractivity contribution < 1.29 is 9.90 Å². The van der Waals surface area contributed by atoms with Crippen molar-refractivity contribution >= 4 is 5.91 Å². The quantitative estimate of drug-likeness (QED) is 0.919. The molecule has 0 saturated heterocycles. The predicted molar refractivity (Wildman–Crippen MR) is 83.4 cm³/mol. The topological polar surface area (TPSA) is 40.5 Å². The molecule has 0 fully saturated rings. The van der Waals surface area contributed by atoms with Crippen molar-refractivity contribution in [1.82, 2.24) is 4.90 Å². The van der Waals surface area contributed by atoms with E-state index in [0.29, 0.717) is 6.54 Å². The van der Waals surface area contributed by atoms with Crippen LogP contribution in [0.25, 0.3) is 0 Å². The Kier molecular flexibility index (Phi) is 5.35. The molecule has 3 heteroatoms. The molecule has 0 heterocycles. The van der Waals surface area contributed by atoms with Crippen molar-refractivity contribution in [2.75, 3.05) is 13.2 Å². The Bertz CT molecular complexity index is 489. The highest BCUT2D eigenvalue weighted by atomic mass is 16.3. The number of rotatable bonds is 4. The maximum absolute atomic E-state index is 12.8. The zero-order valence-electron chi connectivity index (χ0n) is 13.8. The summed E-state index contributed by atoms with van der Waals surface area (Å²) in [6.45, 7) is 14.6. The first-order chi connectivity index (χ1) is 9.23. The molecule has 0 bridgehead atoms. The lowest BCUT2D eigenvalue weighted by molar-refractivity contribution is 0.0663. The standard InChI is InChI=1S/C17H27NO2/c1-10(2)18(8-9-19)17(20)16-14(6)12(4)11(3)13(5)15(16)7/h10,19H,8-9H2,1-7H3.